The van der Waals surface area contributed by atoms with Crippen molar-refractivity contribution < 1.29 is 14.3 Å². The summed E-state index contributed by atoms with van der Waals surface area (Å²) in [4.78, 5) is 24.8. The van der Waals surface area contributed by atoms with Crippen LogP contribution < -0.4 is 15.2 Å². The van der Waals surface area contributed by atoms with Gasteiger partial charge in [-0.3, -0.25) is 4.79 Å². The molecule has 3 atom stereocenters. The van der Waals surface area contributed by atoms with Crippen molar-refractivity contribution >= 4 is 16.9 Å². The molecule has 3 heterocycles. The smallest absolute Gasteiger partial charge is 0.254 e. The van der Waals surface area contributed by atoms with Crippen LogP contribution in [0.4, 0.5) is 0 Å². The molecule has 6 rings (SSSR count). The number of aryl methyl sites for hydroxylation is 1. The highest BCUT2D eigenvalue weighted by atomic mass is 16.5. The number of amides is 1. The van der Waals surface area contributed by atoms with Gasteiger partial charge in [-0.2, -0.15) is 0 Å². The Morgan fingerprint density at radius 3 is 2.73 bits per heavy atom. The molecule has 1 amide bonds. The minimum absolute atomic E-state index is 0.00125. The number of aromatic nitrogens is 3. The first-order valence-corrected chi connectivity index (χ1v) is 11.7. The van der Waals surface area contributed by atoms with Crippen LogP contribution in [0.3, 0.4) is 0 Å². The number of fused-ring (bicyclic) bond motifs is 3. The number of carbonyl (C=O) groups is 1. The number of nitrogens with two attached hydrogens (primary N) is 1. The lowest BCUT2D eigenvalue weighted by Crippen LogP contribution is -2.41. The van der Waals surface area contributed by atoms with Crippen LogP contribution in [0.2, 0.25) is 0 Å². The highest BCUT2D eigenvalue weighted by molar-refractivity contribution is 6.00. The zero-order valence-corrected chi connectivity index (χ0v) is 19.0. The van der Waals surface area contributed by atoms with Crippen LogP contribution in [0, 0.1) is 11.8 Å². The Morgan fingerprint density at radius 1 is 1.18 bits per heavy atom. The number of carbonyl (C=O) groups excluding carboxylic acids is 1. The Hall–Kier alpha value is -3.13. The van der Waals surface area contributed by atoms with Crippen molar-refractivity contribution in [3.05, 3.63) is 35.9 Å². The molecule has 1 aliphatic heterocycles. The molecule has 2 N–H and O–H groups in total. The predicted octanol–water partition coefficient (Wildman–Crippen LogP) is 2.99. The number of ether oxygens (including phenoxy) is 2. The fraction of sp³-hybridized carbons (Fsp3) is 0.480. The number of pyridine rings is 1. The number of benzene rings is 1. The van der Waals surface area contributed by atoms with Crippen molar-refractivity contribution in [3.63, 3.8) is 0 Å². The lowest BCUT2D eigenvalue weighted by molar-refractivity contribution is 0.0700. The van der Waals surface area contributed by atoms with E-state index in [1.807, 2.05) is 46.8 Å². The summed E-state index contributed by atoms with van der Waals surface area (Å²) < 4.78 is 13.5. The van der Waals surface area contributed by atoms with Gasteiger partial charge in [0.1, 0.15) is 17.0 Å². The van der Waals surface area contributed by atoms with Crippen LogP contribution in [0.5, 0.6) is 11.6 Å². The summed E-state index contributed by atoms with van der Waals surface area (Å²) in [6.07, 6.45) is 4.56. The SMILES string of the molecule is COc1cc(C(=O)N2C[C@H]3CC[C@@H]2[C@@H]3N)cc2nc(-c3cccc(OCC4CC4)n3)n(C)c12. The first kappa shape index (κ1) is 20.5. The number of piperidine rings is 1. The standard InChI is InChI=1S/C25H29N5O3/c1-29-23-18(28-24(29)17-4-3-5-21(27-17)33-13-14-6-7-14)10-16(11-20(23)32-2)25(31)30-12-15-8-9-19(30)22(15)26/h3-5,10-11,14-15,19,22H,6-9,12-13,26H2,1-2H3/t15-,19-,22-/m1/s1. The number of imidazole rings is 1. The van der Waals surface area contributed by atoms with E-state index in [9.17, 15) is 4.79 Å². The molecule has 0 radical (unpaired) electrons. The van der Waals surface area contributed by atoms with Crippen LogP contribution in [0.25, 0.3) is 22.6 Å². The first-order chi connectivity index (χ1) is 16.0. The molecule has 2 aromatic heterocycles. The highest BCUT2D eigenvalue weighted by Gasteiger charge is 2.47. The van der Waals surface area contributed by atoms with E-state index in [-0.39, 0.29) is 18.0 Å². The molecule has 2 aliphatic carbocycles. The van der Waals surface area contributed by atoms with Gasteiger partial charge in [0.05, 0.1) is 19.2 Å². The second kappa shape index (κ2) is 7.73. The Labute approximate surface area is 192 Å². The largest absolute Gasteiger partial charge is 0.494 e. The number of likely N-dealkylation sites (tertiary alicyclic amines) is 1. The van der Waals surface area contributed by atoms with Crippen molar-refractivity contribution in [2.75, 3.05) is 20.3 Å². The minimum Gasteiger partial charge on any atom is -0.494 e. The summed E-state index contributed by atoms with van der Waals surface area (Å²) in [5, 5.41) is 0. The predicted molar refractivity (Wildman–Crippen MR) is 124 cm³/mol. The molecule has 33 heavy (non-hydrogen) atoms. The summed E-state index contributed by atoms with van der Waals surface area (Å²) in [7, 11) is 3.56. The Balaban J connectivity index is 1.35. The molecule has 1 aromatic carbocycles. The topological polar surface area (TPSA) is 95.5 Å². The van der Waals surface area contributed by atoms with Crippen molar-refractivity contribution in [1.82, 2.24) is 19.4 Å². The number of nitrogens with zero attached hydrogens (tertiary/aromatic N) is 4. The maximum absolute atomic E-state index is 13.4. The number of hydrogen-bond acceptors (Lipinski definition) is 6. The molecule has 2 saturated carbocycles. The fourth-order valence-corrected chi connectivity index (χ4v) is 5.37. The molecule has 3 aromatic rings. The third-order valence-corrected chi connectivity index (χ3v) is 7.43. The van der Waals surface area contributed by atoms with Crippen LogP contribution in [0.15, 0.2) is 30.3 Å². The van der Waals surface area contributed by atoms with Crippen molar-refractivity contribution in [3.8, 4) is 23.1 Å². The summed E-state index contributed by atoms with van der Waals surface area (Å²) in [6.45, 7) is 1.44. The van der Waals surface area contributed by atoms with Gasteiger partial charge in [0.2, 0.25) is 5.88 Å². The van der Waals surface area contributed by atoms with Gasteiger partial charge in [0.15, 0.2) is 5.82 Å². The van der Waals surface area contributed by atoms with E-state index in [1.165, 1.54) is 12.8 Å². The normalized spacial score (nSPS) is 24.0. The summed E-state index contributed by atoms with van der Waals surface area (Å²) in [6, 6.07) is 9.62. The van der Waals surface area contributed by atoms with Gasteiger partial charge in [-0.05, 0) is 55.7 Å². The van der Waals surface area contributed by atoms with Gasteiger partial charge >= 0.3 is 0 Å². The minimum atomic E-state index is -0.00125. The van der Waals surface area contributed by atoms with E-state index in [0.717, 1.165) is 30.6 Å². The monoisotopic (exact) mass is 447 g/mol. The van der Waals surface area contributed by atoms with E-state index in [1.54, 1.807) is 7.11 Å². The molecule has 2 bridgehead atoms. The molecule has 0 unspecified atom stereocenters. The third-order valence-electron chi connectivity index (χ3n) is 7.43. The Kier molecular flexibility index (Phi) is 4.79. The molecular weight excluding hydrogens is 418 g/mol. The van der Waals surface area contributed by atoms with Gasteiger partial charge in [0, 0.05) is 37.3 Å². The van der Waals surface area contributed by atoms with Crippen LogP contribution in [0.1, 0.15) is 36.0 Å². The number of hydrogen-bond donors (Lipinski definition) is 1. The van der Waals surface area contributed by atoms with Gasteiger partial charge in [-0.15, -0.1) is 0 Å². The Morgan fingerprint density at radius 2 is 2.03 bits per heavy atom. The van der Waals surface area contributed by atoms with E-state index >= 15 is 0 Å². The summed E-state index contributed by atoms with van der Waals surface area (Å²) in [5.74, 6) is 2.99. The first-order valence-electron chi connectivity index (χ1n) is 11.7. The van der Waals surface area contributed by atoms with E-state index < -0.39 is 0 Å². The quantitative estimate of drug-likeness (QED) is 0.624. The lowest BCUT2D eigenvalue weighted by Gasteiger charge is -2.27. The van der Waals surface area contributed by atoms with Crippen LogP contribution in [-0.2, 0) is 7.05 Å². The maximum atomic E-state index is 13.4. The summed E-state index contributed by atoms with van der Waals surface area (Å²) in [5.41, 5.74) is 9.16. The zero-order valence-electron chi connectivity index (χ0n) is 19.0. The molecule has 172 valence electrons. The molecule has 8 heteroatoms. The van der Waals surface area contributed by atoms with Gasteiger partial charge in [0.25, 0.3) is 5.91 Å². The van der Waals surface area contributed by atoms with E-state index in [2.05, 4.69) is 4.98 Å². The summed E-state index contributed by atoms with van der Waals surface area (Å²) >= 11 is 0. The fourth-order valence-electron chi connectivity index (χ4n) is 5.37. The van der Waals surface area contributed by atoms with Crippen molar-refractivity contribution in [2.45, 2.75) is 37.8 Å². The van der Waals surface area contributed by atoms with Crippen LogP contribution in [-0.4, -0.2) is 57.7 Å². The van der Waals surface area contributed by atoms with Crippen molar-refractivity contribution in [1.29, 1.82) is 0 Å². The zero-order chi connectivity index (χ0) is 22.7. The molecule has 1 saturated heterocycles. The molecule has 8 nitrogen and oxygen atoms in total. The average Bonchev–Trinajstić information content (AvgIpc) is 3.44. The number of rotatable bonds is 6. The highest BCUT2D eigenvalue weighted by Crippen LogP contribution is 2.38. The van der Waals surface area contributed by atoms with Gasteiger partial charge < -0.3 is 24.7 Å². The Bertz CT molecular complexity index is 1230. The second-order valence-electron chi connectivity index (χ2n) is 9.60. The molecule has 3 aliphatic rings. The molecular formula is C25H29N5O3. The lowest BCUT2D eigenvalue weighted by atomic mass is 10.1. The maximum Gasteiger partial charge on any atom is 0.254 e. The van der Waals surface area contributed by atoms with E-state index in [4.69, 9.17) is 20.2 Å². The van der Waals surface area contributed by atoms with Gasteiger partial charge in [-0.1, -0.05) is 6.07 Å². The van der Waals surface area contributed by atoms with Crippen molar-refractivity contribution in [2.24, 2.45) is 24.6 Å². The second-order valence-corrected chi connectivity index (χ2v) is 9.60. The third kappa shape index (κ3) is 3.44. The molecule has 0 spiro atoms. The van der Waals surface area contributed by atoms with Crippen LogP contribution >= 0.6 is 0 Å². The molecule has 3 fully saturated rings. The van der Waals surface area contributed by atoms with E-state index in [0.29, 0.717) is 47.0 Å². The number of methoxy groups -OCH3 is 1. The average molecular weight is 448 g/mol. The van der Waals surface area contributed by atoms with Gasteiger partial charge in [-0.25, -0.2) is 9.97 Å².